The molecular formula is C13H15NO3. The first-order valence-corrected chi connectivity index (χ1v) is 5.67. The molecule has 1 aromatic carbocycles. The van der Waals surface area contributed by atoms with Crippen LogP contribution in [-0.2, 0) is 9.59 Å². The Morgan fingerprint density at radius 2 is 1.94 bits per heavy atom. The van der Waals surface area contributed by atoms with Crippen molar-refractivity contribution in [1.82, 2.24) is 5.32 Å². The number of benzene rings is 1. The highest BCUT2D eigenvalue weighted by atomic mass is 16.4. The quantitative estimate of drug-likeness (QED) is 0.829. The topological polar surface area (TPSA) is 66.4 Å². The van der Waals surface area contributed by atoms with Gasteiger partial charge in [0.25, 0.3) is 0 Å². The Morgan fingerprint density at radius 1 is 1.29 bits per heavy atom. The van der Waals surface area contributed by atoms with E-state index in [0.717, 1.165) is 5.56 Å². The van der Waals surface area contributed by atoms with Crippen LogP contribution in [0.15, 0.2) is 30.3 Å². The van der Waals surface area contributed by atoms with Gasteiger partial charge in [0.15, 0.2) is 0 Å². The fraction of sp³-hybridized carbons (Fsp3) is 0.385. The molecule has 90 valence electrons. The van der Waals surface area contributed by atoms with Gasteiger partial charge in [0.05, 0.1) is 17.9 Å². The average Bonchev–Trinajstić information content (AvgIpc) is 3.10. The fourth-order valence-corrected chi connectivity index (χ4v) is 1.90. The van der Waals surface area contributed by atoms with E-state index in [1.807, 2.05) is 37.3 Å². The Labute approximate surface area is 99.6 Å². The summed E-state index contributed by atoms with van der Waals surface area (Å²) in [6.45, 7) is 1.89. The minimum Gasteiger partial charge on any atom is -0.481 e. The lowest BCUT2D eigenvalue weighted by Crippen LogP contribution is -2.29. The minimum absolute atomic E-state index is 0.0845. The van der Waals surface area contributed by atoms with Crippen LogP contribution in [0.4, 0.5) is 0 Å². The second kappa shape index (κ2) is 4.57. The van der Waals surface area contributed by atoms with Gasteiger partial charge in [-0.3, -0.25) is 9.59 Å². The van der Waals surface area contributed by atoms with Crippen molar-refractivity contribution < 1.29 is 14.7 Å². The monoisotopic (exact) mass is 233 g/mol. The Balaban J connectivity index is 1.90. The zero-order valence-corrected chi connectivity index (χ0v) is 9.59. The third kappa shape index (κ3) is 2.64. The van der Waals surface area contributed by atoms with Gasteiger partial charge in [-0.05, 0) is 18.9 Å². The number of carboxylic acids is 1. The van der Waals surface area contributed by atoms with E-state index in [2.05, 4.69) is 5.32 Å². The molecule has 1 saturated carbocycles. The van der Waals surface area contributed by atoms with Crippen molar-refractivity contribution in [2.75, 3.05) is 0 Å². The van der Waals surface area contributed by atoms with Crippen molar-refractivity contribution in [1.29, 1.82) is 0 Å². The predicted molar refractivity (Wildman–Crippen MR) is 62.2 cm³/mol. The summed E-state index contributed by atoms with van der Waals surface area (Å²) in [5.74, 6) is -1.87. The number of nitrogens with one attached hydrogen (secondary N) is 1. The number of carbonyl (C=O) groups is 2. The Bertz CT molecular complexity index is 430. The SMILES string of the molecule is CC(NC(=O)C1CC1C(=O)O)c1ccccc1. The van der Waals surface area contributed by atoms with E-state index in [1.54, 1.807) is 0 Å². The number of carbonyl (C=O) groups excluding carboxylic acids is 1. The molecule has 3 unspecified atom stereocenters. The van der Waals surface area contributed by atoms with Crippen molar-refractivity contribution in [3.63, 3.8) is 0 Å². The molecule has 0 aromatic heterocycles. The maximum absolute atomic E-state index is 11.7. The number of hydrogen-bond acceptors (Lipinski definition) is 2. The van der Waals surface area contributed by atoms with Crippen molar-refractivity contribution in [3.8, 4) is 0 Å². The summed E-state index contributed by atoms with van der Waals surface area (Å²) >= 11 is 0. The molecule has 1 aromatic rings. The molecule has 1 aliphatic carbocycles. The highest BCUT2D eigenvalue weighted by Gasteiger charge is 2.48. The molecule has 0 saturated heterocycles. The smallest absolute Gasteiger partial charge is 0.307 e. The molecular weight excluding hydrogens is 218 g/mol. The molecule has 0 bridgehead atoms. The number of hydrogen-bond donors (Lipinski definition) is 2. The zero-order chi connectivity index (χ0) is 12.4. The lowest BCUT2D eigenvalue weighted by molar-refractivity contribution is -0.140. The van der Waals surface area contributed by atoms with Crippen LogP contribution >= 0.6 is 0 Å². The average molecular weight is 233 g/mol. The van der Waals surface area contributed by atoms with E-state index < -0.39 is 11.9 Å². The van der Waals surface area contributed by atoms with E-state index >= 15 is 0 Å². The molecule has 0 spiro atoms. The van der Waals surface area contributed by atoms with E-state index in [1.165, 1.54) is 0 Å². The van der Waals surface area contributed by atoms with Gasteiger partial charge in [0.2, 0.25) is 5.91 Å². The van der Waals surface area contributed by atoms with Crippen molar-refractivity contribution in [3.05, 3.63) is 35.9 Å². The third-order valence-corrected chi connectivity index (χ3v) is 3.10. The van der Waals surface area contributed by atoms with Crippen LogP contribution in [0.25, 0.3) is 0 Å². The standard InChI is InChI=1S/C13H15NO3/c1-8(9-5-3-2-4-6-9)14-12(15)10-7-11(10)13(16)17/h2-6,8,10-11H,7H2,1H3,(H,14,15)(H,16,17). The van der Waals surface area contributed by atoms with E-state index in [4.69, 9.17) is 5.11 Å². The molecule has 2 rings (SSSR count). The Kier molecular flexibility index (Phi) is 3.13. The lowest BCUT2D eigenvalue weighted by atomic mass is 10.1. The lowest BCUT2D eigenvalue weighted by Gasteiger charge is -2.13. The van der Waals surface area contributed by atoms with E-state index in [0.29, 0.717) is 6.42 Å². The summed E-state index contributed by atoms with van der Waals surface area (Å²) in [5.41, 5.74) is 1.02. The number of rotatable bonds is 4. The molecule has 1 aliphatic rings. The van der Waals surface area contributed by atoms with Crippen LogP contribution in [0, 0.1) is 11.8 Å². The highest BCUT2D eigenvalue weighted by Crippen LogP contribution is 2.39. The Hall–Kier alpha value is -1.84. The molecule has 17 heavy (non-hydrogen) atoms. The van der Waals surface area contributed by atoms with Crippen molar-refractivity contribution in [2.45, 2.75) is 19.4 Å². The van der Waals surface area contributed by atoms with Crippen LogP contribution in [0.3, 0.4) is 0 Å². The summed E-state index contributed by atoms with van der Waals surface area (Å²) in [4.78, 5) is 22.4. The van der Waals surface area contributed by atoms with Crippen LogP contribution in [0.1, 0.15) is 24.9 Å². The molecule has 2 N–H and O–H groups in total. The summed E-state index contributed by atoms with van der Waals surface area (Å²) in [7, 11) is 0. The second-order valence-electron chi connectivity index (χ2n) is 4.43. The van der Waals surface area contributed by atoms with Gasteiger partial charge >= 0.3 is 5.97 Å². The second-order valence-corrected chi connectivity index (χ2v) is 4.43. The highest BCUT2D eigenvalue weighted by molar-refractivity contribution is 5.89. The first-order chi connectivity index (χ1) is 8.09. The molecule has 1 fully saturated rings. The normalized spacial score (nSPS) is 23.8. The molecule has 3 atom stereocenters. The van der Waals surface area contributed by atoms with Gasteiger partial charge in [0, 0.05) is 0 Å². The van der Waals surface area contributed by atoms with Gasteiger partial charge in [0.1, 0.15) is 0 Å². The summed E-state index contributed by atoms with van der Waals surface area (Å²) in [6, 6.07) is 9.53. The van der Waals surface area contributed by atoms with E-state index in [9.17, 15) is 9.59 Å². The van der Waals surface area contributed by atoms with Gasteiger partial charge < -0.3 is 10.4 Å². The van der Waals surface area contributed by atoms with Crippen LogP contribution in [0.2, 0.25) is 0 Å². The van der Waals surface area contributed by atoms with Crippen LogP contribution in [0.5, 0.6) is 0 Å². The van der Waals surface area contributed by atoms with Gasteiger partial charge in [-0.2, -0.15) is 0 Å². The van der Waals surface area contributed by atoms with Crippen molar-refractivity contribution >= 4 is 11.9 Å². The maximum Gasteiger partial charge on any atom is 0.307 e. The fourth-order valence-electron chi connectivity index (χ4n) is 1.90. The molecule has 0 aliphatic heterocycles. The molecule has 4 heteroatoms. The molecule has 0 heterocycles. The number of amides is 1. The summed E-state index contributed by atoms with van der Waals surface area (Å²) in [5, 5.41) is 11.6. The summed E-state index contributed by atoms with van der Waals surface area (Å²) < 4.78 is 0. The Morgan fingerprint density at radius 3 is 2.47 bits per heavy atom. The van der Waals surface area contributed by atoms with E-state index in [-0.39, 0.29) is 17.9 Å². The number of aliphatic carboxylic acids is 1. The number of carboxylic acid groups (broad SMARTS) is 1. The van der Waals surface area contributed by atoms with Crippen LogP contribution < -0.4 is 5.32 Å². The maximum atomic E-state index is 11.7. The van der Waals surface area contributed by atoms with Gasteiger partial charge in [-0.1, -0.05) is 30.3 Å². The minimum atomic E-state index is -0.877. The molecule has 4 nitrogen and oxygen atoms in total. The van der Waals surface area contributed by atoms with Crippen LogP contribution in [-0.4, -0.2) is 17.0 Å². The first-order valence-electron chi connectivity index (χ1n) is 5.67. The largest absolute Gasteiger partial charge is 0.481 e. The first kappa shape index (κ1) is 11.6. The van der Waals surface area contributed by atoms with Gasteiger partial charge in [-0.15, -0.1) is 0 Å². The predicted octanol–water partition coefficient (Wildman–Crippen LogP) is 1.58. The zero-order valence-electron chi connectivity index (χ0n) is 9.59. The van der Waals surface area contributed by atoms with Gasteiger partial charge in [-0.25, -0.2) is 0 Å². The molecule has 1 amide bonds. The van der Waals surface area contributed by atoms with Crippen molar-refractivity contribution in [2.24, 2.45) is 11.8 Å². The molecule has 0 radical (unpaired) electrons. The summed E-state index contributed by atoms with van der Waals surface area (Å²) in [6.07, 6.45) is 0.461. The third-order valence-electron chi connectivity index (χ3n) is 3.10.